The van der Waals surface area contributed by atoms with Gasteiger partial charge in [0, 0.05) is 24.6 Å². The number of fused-ring (bicyclic) bond motifs is 1. The predicted octanol–water partition coefficient (Wildman–Crippen LogP) is 2.71. The fourth-order valence-electron chi connectivity index (χ4n) is 2.33. The largest absolute Gasteiger partial charge is 0.472 e. The zero-order valence-electron chi connectivity index (χ0n) is 9.15. The van der Waals surface area contributed by atoms with Gasteiger partial charge in [0.05, 0.1) is 12.5 Å². The highest BCUT2D eigenvalue weighted by Gasteiger charge is 2.24. The minimum Gasteiger partial charge on any atom is -0.472 e. The van der Waals surface area contributed by atoms with Crippen molar-refractivity contribution in [3.8, 4) is 0 Å². The number of benzene rings is 1. The summed E-state index contributed by atoms with van der Waals surface area (Å²) in [5.41, 5.74) is 4.24. The van der Waals surface area contributed by atoms with Crippen LogP contribution >= 0.6 is 0 Å². The third kappa shape index (κ3) is 1.76. The molecular weight excluding hydrogens is 198 g/mol. The molecule has 1 atom stereocenters. The van der Waals surface area contributed by atoms with Crippen molar-refractivity contribution in [1.82, 2.24) is 5.32 Å². The van der Waals surface area contributed by atoms with Crippen LogP contribution in [0.3, 0.4) is 0 Å². The summed E-state index contributed by atoms with van der Waals surface area (Å²) in [5, 5.41) is 3.47. The van der Waals surface area contributed by atoms with Crippen molar-refractivity contribution < 1.29 is 4.42 Å². The standard InChI is InChI=1S/C14H15NO/c1-2-4-14-12(3-1)7-13(14)9-15-8-11-5-6-16-10-11/h1-6,10,13,15H,7-9H2. The molecule has 0 amide bonds. The molecule has 1 aliphatic rings. The van der Waals surface area contributed by atoms with Gasteiger partial charge in [-0.05, 0) is 23.6 Å². The predicted molar refractivity (Wildman–Crippen MR) is 63.3 cm³/mol. The molecule has 2 nitrogen and oxygen atoms in total. The first-order valence-corrected chi connectivity index (χ1v) is 5.73. The first-order chi connectivity index (χ1) is 7.93. The van der Waals surface area contributed by atoms with E-state index in [9.17, 15) is 0 Å². The lowest BCUT2D eigenvalue weighted by Crippen LogP contribution is -2.28. The van der Waals surface area contributed by atoms with Crippen LogP contribution in [0.1, 0.15) is 22.6 Å². The molecule has 2 heteroatoms. The molecule has 82 valence electrons. The van der Waals surface area contributed by atoms with Crippen LogP contribution in [0.2, 0.25) is 0 Å². The van der Waals surface area contributed by atoms with Gasteiger partial charge in [-0.2, -0.15) is 0 Å². The van der Waals surface area contributed by atoms with E-state index in [0.717, 1.165) is 13.1 Å². The maximum absolute atomic E-state index is 5.03. The van der Waals surface area contributed by atoms with E-state index in [1.165, 1.54) is 23.1 Å². The average Bonchev–Trinajstić information content (AvgIpc) is 2.77. The van der Waals surface area contributed by atoms with E-state index in [-0.39, 0.29) is 0 Å². The Kier molecular flexibility index (Phi) is 2.50. The summed E-state index contributed by atoms with van der Waals surface area (Å²) >= 11 is 0. The van der Waals surface area contributed by atoms with E-state index in [2.05, 4.69) is 29.6 Å². The summed E-state index contributed by atoms with van der Waals surface area (Å²) in [6.07, 6.45) is 4.73. The third-order valence-corrected chi connectivity index (χ3v) is 3.26. The van der Waals surface area contributed by atoms with Gasteiger partial charge in [0.15, 0.2) is 0 Å². The summed E-state index contributed by atoms with van der Waals surface area (Å²) in [6, 6.07) is 10.7. The molecule has 2 aromatic rings. The van der Waals surface area contributed by atoms with Gasteiger partial charge in [-0.1, -0.05) is 24.3 Å². The van der Waals surface area contributed by atoms with Crippen molar-refractivity contribution in [3.05, 3.63) is 59.5 Å². The van der Waals surface area contributed by atoms with Gasteiger partial charge in [0.25, 0.3) is 0 Å². The number of hydrogen-bond acceptors (Lipinski definition) is 2. The van der Waals surface area contributed by atoms with Crippen LogP contribution in [-0.2, 0) is 13.0 Å². The van der Waals surface area contributed by atoms with Gasteiger partial charge in [0.1, 0.15) is 0 Å². The zero-order chi connectivity index (χ0) is 10.8. The van der Waals surface area contributed by atoms with Crippen LogP contribution in [0.25, 0.3) is 0 Å². The maximum atomic E-state index is 5.03. The molecule has 1 aromatic heterocycles. The van der Waals surface area contributed by atoms with E-state index < -0.39 is 0 Å². The molecule has 0 saturated carbocycles. The van der Waals surface area contributed by atoms with Crippen molar-refractivity contribution in [1.29, 1.82) is 0 Å². The van der Waals surface area contributed by atoms with E-state index in [4.69, 9.17) is 4.42 Å². The Hall–Kier alpha value is -1.54. The molecule has 1 unspecified atom stereocenters. The molecular formula is C14H15NO. The second kappa shape index (κ2) is 4.14. The average molecular weight is 213 g/mol. The molecule has 0 fully saturated rings. The minimum atomic E-state index is 0.697. The first-order valence-electron chi connectivity index (χ1n) is 5.73. The van der Waals surface area contributed by atoms with Gasteiger partial charge in [-0.3, -0.25) is 0 Å². The normalized spacial score (nSPS) is 17.9. The Morgan fingerprint density at radius 3 is 3.00 bits per heavy atom. The number of hydrogen-bond donors (Lipinski definition) is 1. The highest BCUT2D eigenvalue weighted by atomic mass is 16.3. The Morgan fingerprint density at radius 2 is 2.19 bits per heavy atom. The zero-order valence-corrected chi connectivity index (χ0v) is 9.15. The maximum Gasteiger partial charge on any atom is 0.0947 e. The summed E-state index contributed by atoms with van der Waals surface area (Å²) in [5.74, 6) is 0.697. The smallest absolute Gasteiger partial charge is 0.0947 e. The molecule has 16 heavy (non-hydrogen) atoms. The van der Waals surface area contributed by atoms with Crippen molar-refractivity contribution in [2.75, 3.05) is 6.54 Å². The Morgan fingerprint density at radius 1 is 1.25 bits per heavy atom. The summed E-state index contributed by atoms with van der Waals surface area (Å²) in [6.45, 7) is 1.96. The minimum absolute atomic E-state index is 0.697. The number of furan rings is 1. The van der Waals surface area contributed by atoms with Gasteiger partial charge < -0.3 is 9.73 Å². The second-order valence-corrected chi connectivity index (χ2v) is 4.36. The topological polar surface area (TPSA) is 25.2 Å². The van der Waals surface area contributed by atoms with Crippen molar-refractivity contribution in [2.24, 2.45) is 0 Å². The monoisotopic (exact) mass is 213 g/mol. The first kappa shape index (κ1) is 9.67. The quantitative estimate of drug-likeness (QED) is 0.844. The molecule has 3 rings (SSSR count). The van der Waals surface area contributed by atoms with E-state index >= 15 is 0 Å². The summed E-state index contributed by atoms with van der Waals surface area (Å²) < 4.78 is 5.03. The highest BCUT2D eigenvalue weighted by Crippen LogP contribution is 2.33. The van der Waals surface area contributed by atoms with Crippen molar-refractivity contribution in [3.63, 3.8) is 0 Å². The van der Waals surface area contributed by atoms with Crippen LogP contribution in [0, 0.1) is 0 Å². The van der Waals surface area contributed by atoms with Crippen molar-refractivity contribution in [2.45, 2.75) is 18.9 Å². The van der Waals surface area contributed by atoms with E-state index in [1.807, 2.05) is 6.07 Å². The molecule has 1 N–H and O–H groups in total. The van der Waals surface area contributed by atoms with Crippen molar-refractivity contribution >= 4 is 0 Å². The van der Waals surface area contributed by atoms with Gasteiger partial charge in [-0.25, -0.2) is 0 Å². The molecule has 1 aliphatic carbocycles. The molecule has 0 radical (unpaired) electrons. The van der Waals surface area contributed by atoms with Crippen LogP contribution in [0.5, 0.6) is 0 Å². The number of rotatable bonds is 4. The van der Waals surface area contributed by atoms with Crippen LogP contribution in [0.4, 0.5) is 0 Å². The lowest BCUT2D eigenvalue weighted by molar-refractivity contribution is 0.528. The molecule has 0 bridgehead atoms. The Bertz CT molecular complexity index is 461. The molecule has 0 spiro atoms. The van der Waals surface area contributed by atoms with Gasteiger partial charge >= 0.3 is 0 Å². The van der Waals surface area contributed by atoms with E-state index in [1.54, 1.807) is 12.5 Å². The van der Waals surface area contributed by atoms with E-state index in [0.29, 0.717) is 5.92 Å². The van der Waals surface area contributed by atoms with Crippen LogP contribution in [0.15, 0.2) is 47.3 Å². The molecule has 0 aliphatic heterocycles. The Labute approximate surface area is 95.3 Å². The SMILES string of the molecule is c1ccc2c(c1)CC2CNCc1ccoc1. The fraction of sp³-hybridized carbons (Fsp3) is 0.286. The summed E-state index contributed by atoms with van der Waals surface area (Å²) in [7, 11) is 0. The Balaban J connectivity index is 1.52. The van der Waals surface area contributed by atoms with Crippen LogP contribution < -0.4 is 5.32 Å². The molecule has 1 aromatic carbocycles. The van der Waals surface area contributed by atoms with Gasteiger partial charge in [-0.15, -0.1) is 0 Å². The molecule has 0 saturated heterocycles. The highest BCUT2D eigenvalue weighted by molar-refractivity contribution is 5.40. The third-order valence-electron chi connectivity index (χ3n) is 3.26. The van der Waals surface area contributed by atoms with Gasteiger partial charge in [0.2, 0.25) is 0 Å². The lowest BCUT2D eigenvalue weighted by Gasteiger charge is -2.30. The van der Waals surface area contributed by atoms with Crippen LogP contribution in [-0.4, -0.2) is 6.54 Å². The number of nitrogens with one attached hydrogen (secondary N) is 1. The fourth-order valence-corrected chi connectivity index (χ4v) is 2.33. The lowest BCUT2D eigenvalue weighted by atomic mass is 9.77. The molecule has 1 heterocycles. The second-order valence-electron chi connectivity index (χ2n) is 4.36. The summed E-state index contributed by atoms with van der Waals surface area (Å²) in [4.78, 5) is 0.